The molecule has 3 heteroatoms. The summed E-state index contributed by atoms with van der Waals surface area (Å²) in [6.45, 7) is 3.00. The molecule has 3 rings (SSSR count). The summed E-state index contributed by atoms with van der Waals surface area (Å²) in [4.78, 5) is 8.76. The van der Waals surface area contributed by atoms with Crippen molar-refractivity contribution in [3.05, 3.63) is 72.2 Å². The third-order valence-electron chi connectivity index (χ3n) is 3.37. The maximum Gasteiger partial charge on any atom is 0.0702 e. The van der Waals surface area contributed by atoms with Gasteiger partial charge in [-0.1, -0.05) is 31.2 Å². The molecule has 3 aromatic rings. The molecule has 1 N–H and O–H groups in total. The van der Waals surface area contributed by atoms with Crippen molar-refractivity contribution in [3.8, 4) is 0 Å². The lowest BCUT2D eigenvalue weighted by molar-refractivity contribution is 0.627. The zero-order valence-corrected chi connectivity index (χ0v) is 11.5. The molecule has 1 aromatic carbocycles. The number of hydrogen-bond donors (Lipinski definition) is 1. The van der Waals surface area contributed by atoms with Gasteiger partial charge in [0.1, 0.15) is 0 Å². The van der Waals surface area contributed by atoms with Gasteiger partial charge in [0.2, 0.25) is 0 Å². The molecule has 0 aliphatic carbocycles. The van der Waals surface area contributed by atoms with Crippen LogP contribution in [-0.2, 0) is 0 Å². The number of nitrogens with zero attached hydrogens (tertiary/aromatic N) is 2. The van der Waals surface area contributed by atoms with E-state index in [1.54, 1.807) is 6.20 Å². The molecule has 1 atom stereocenters. The summed E-state index contributed by atoms with van der Waals surface area (Å²) >= 11 is 0. The molecule has 1 unspecified atom stereocenters. The molecule has 0 amide bonds. The highest BCUT2D eigenvalue weighted by Crippen LogP contribution is 2.23. The number of hydrogen-bond acceptors (Lipinski definition) is 3. The minimum atomic E-state index is 0.130. The second-order valence-corrected chi connectivity index (χ2v) is 4.74. The highest BCUT2D eigenvalue weighted by Gasteiger charge is 2.13. The van der Waals surface area contributed by atoms with Gasteiger partial charge in [0.05, 0.1) is 11.6 Å². The van der Waals surface area contributed by atoms with Crippen molar-refractivity contribution < 1.29 is 0 Å². The summed E-state index contributed by atoms with van der Waals surface area (Å²) in [5.41, 5.74) is 3.35. The molecule has 2 aromatic heterocycles. The first-order chi connectivity index (χ1) is 9.88. The van der Waals surface area contributed by atoms with Crippen LogP contribution in [0.1, 0.15) is 24.1 Å². The Morgan fingerprint density at radius 2 is 1.95 bits per heavy atom. The summed E-state index contributed by atoms with van der Waals surface area (Å²) < 4.78 is 0. The van der Waals surface area contributed by atoms with Crippen LogP contribution >= 0.6 is 0 Å². The third kappa shape index (κ3) is 2.53. The van der Waals surface area contributed by atoms with Crippen molar-refractivity contribution in [2.75, 3.05) is 6.54 Å². The molecule has 0 aliphatic heterocycles. The molecular weight excluding hydrogens is 246 g/mol. The van der Waals surface area contributed by atoms with Crippen LogP contribution < -0.4 is 5.32 Å². The summed E-state index contributed by atoms with van der Waals surface area (Å²) in [6.07, 6.45) is 5.65. The average Bonchev–Trinajstić information content (AvgIpc) is 2.53. The van der Waals surface area contributed by atoms with Gasteiger partial charge in [-0.25, -0.2) is 0 Å². The van der Waals surface area contributed by atoms with Crippen molar-refractivity contribution in [2.24, 2.45) is 0 Å². The van der Waals surface area contributed by atoms with E-state index in [4.69, 9.17) is 0 Å². The fourth-order valence-electron chi connectivity index (χ4n) is 2.42. The summed E-state index contributed by atoms with van der Waals surface area (Å²) in [6, 6.07) is 14.6. The highest BCUT2D eigenvalue weighted by molar-refractivity contribution is 5.78. The van der Waals surface area contributed by atoms with Crippen LogP contribution in [0.15, 0.2) is 61.1 Å². The first-order valence-corrected chi connectivity index (χ1v) is 6.86. The second kappa shape index (κ2) is 5.80. The molecule has 0 saturated heterocycles. The SMILES string of the molecule is CCNC(c1cccnc1)c1cnc2ccccc2c1. The zero-order valence-electron chi connectivity index (χ0n) is 11.5. The van der Waals surface area contributed by atoms with Crippen LogP contribution in [0.4, 0.5) is 0 Å². The monoisotopic (exact) mass is 263 g/mol. The smallest absolute Gasteiger partial charge is 0.0702 e. The van der Waals surface area contributed by atoms with Crippen molar-refractivity contribution >= 4 is 10.9 Å². The minimum Gasteiger partial charge on any atom is -0.306 e. The number of nitrogens with one attached hydrogen (secondary N) is 1. The Labute approximate surface area is 118 Å². The average molecular weight is 263 g/mol. The number of para-hydroxylation sites is 1. The van der Waals surface area contributed by atoms with E-state index in [0.29, 0.717) is 0 Å². The van der Waals surface area contributed by atoms with Crippen molar-refractivity contribution in [2.45, 2.75) is 13.0 Å². The molecule has 0 spiro atoms. The van der Waals surface area contributed by atoms with E-state index in [1.807, 2.05) is 36.7 Å². The van der Waals surface area contributed by atoms with E-state index in [2.05, 4.69) is 40.4 Å². The standard InChI is InChI=1S/C17H17N3/c1-2-19-17(14-7-5-9-18-11-14)15-10-13-6-3-4-8-16(13)20-12-15/h3-12,17,19H,2H2,1H3. The van der Waals surface area contributed by atoms with Crippen LogP contribution in [0.5, 0.6) is 0 Å². The molecular formula is C17H17N3. The van der Waals surface area contributed by atoms with Gasteiger partial charge in [0.25, 0.3) is 0 Å². The Hall–Kier alpha value is -2.26. The molecule has 0 aliphatic rings. The number of fused-ring (bicyclic) bond motifs is 1. The van der Waals surface area contributed by atoms with Crippen LogP contribution in [0.3, 0.4) is 0 Å². The Balaban J connectivity index is 2.05. The lowest BCUT2D eigenvalue weighted by atomic mass is 10.0. The highest BCUT2D eigenvalue weighted by atomic mass is 14.9. The van der Waals surface area contributed by atoms with E-state index in [9.17, 15) is 0 Å². The summed E-state index contributed by atoms with van der Waals surface area (Å²) in [7, 11) is 0. The molecule has 3 nitrogen and oxygen atoms in total. The molecule has 0 bridgehead atoms. The van der Waals surface area contributed by atoms with E-state index < -0.39 is 0 Å². The van der Waals surface area contributed by atoms with Crippen LogP contribution in [0, 0.1) is 0 Å². The molecule has 0 radical (unpaired) electrons. The van der Waals surface area contributed by atoms with Crippen molar-refractivity contribution in [1.82, 2.24) is 15.3 Å². The summed E-state index contributed by atoms with van der Waals surface area (Å²) in [5.74, 6) is 0. The largest absolute Gasteiger partial charge is 0.306 e. The topological polar surface area (TPSA) is 37.8 Å². The quantitative estimate of drug-likeness (QED) is 0.784. The maximum absolute atomic E-state index is 4.55. The van der Waals surface area contributed by atoms with Crippen LogP contribution in [0.2, 0.25) is 0 Å². The predicted octanol–water partition coefficient (Wildman–Crippen LogP) is 3.33. The Morgan fingerprint density at radius 1 is 1.05 bits per heavy atom. The maximum atomic E-state index is 4.55. The van der Waals surface area contributed by atoms with Gasteiger partial charge in [-0.15, -0.1) is 0 Å². The number of aromatic nitrogens is 2. The van der Waals surface area contributed by atoms with Gasteiger partial charge in [0, 0.05) is 24.0 Å². The number of pyridine rings is 2. The van der Waals surface area contributed by atoms with E-state index in [-0.39, 0.29) is 6.04 Å². The molecule has 2 heterocycles. The molecule has 0 saturated carbocycles. The fraction of sp³-hybridized carbons (Fsp3) is 0.176. The molecule has 100 valence electrons. The Bertz CT molecular complexity index is 695. The normalized spacial score (nSPS) is 12.4. The Morgan fingerprint density at radius 3 is 2.75 bits per heavy atom. The van der Waals surface area contributed by atoms with E-state index in [1.165, 1.54) is 5.56 Å². The number of benzene rings is 1. The fourth-order valence-corrected chi connectivity index (χ4v) is 2.42. The van der Waals surface area contributed by atoms with Crippen LogP contribution in [0.25, 0.3) is 10.9 Å². The number of rotatable bonds is 4. The van der Waals surface area contributed by atoms with E-state index in [0.717, 1.165) is 23.0 Å². The van der Waals surface area contributed by atoms with Gasteiger partial charge in [-0.05, 0) is 35.9 Å². The first kappa shape index (κ1) is 12.8. The lowest BCUT2D eigenvalue weighted by Gasteiger charge is -2.18. The lowest BCUT2D eigenvalue weighted by Crippen LogP contribution is -2.22. The van der Waals surface area contributed by atoms with Gasteiger partial charge >= 0.3 is 0 Å². The van der Waals surface area contributed by atoms with Crippen molar-refractivity contribution in [3.63, 3.8) is 0 Å². The Kier molecular flexibility index (Phi) is 3.70. The van der Waals surface area contributed by atoms with Gasteiger partial charge in [0.15, 0.2) is 0 Å². The molecule has 20 heavy (non-hydrogen) atoms. The zero-order chi connectivity index (χ0) is 13.8. The van der Waals surface area contributed by atoms with Gasteiger partial charge in [-0.3, -0.25) is 9.97 Å². The summed E-state index contributed by atoms with van der Waals surface area (Å²) in [5, 5.41) is 4.66. The predicted molar refractivity (Wildman–Crippen MR) is 81.5 cm³/mol. The first-order valence-electron chi connectivity index (χ1n) is 6.86. The molecule has 0 fully saturated rings. The minimum absolute atomic E-state index is 0.130. The van der Waals surface area contributed by atoms with E-state index >= 15 is 0 Å². The van der Waals surface area contributed by atoms with Crippen molar-refractivity contribution in [1.29, 1.82) is 0 Å². The van der Waals surface area contributed by atoms with Gasteiger partial charge in [-0.2, -0.15) is 0 Å². The van der Waals surface area contributed by atoms with Crippen LogP contribution in [-0.4, -0.2) is 16.5 Å². The van der Waals surface area contributed by atoms with Gasteiger partial charge < -0.3 is 5.32 Å². The second-order valence-electron chi connectivity index (χ2n) is 4.74. The third-order valence-corrected chi connectivity index (χ3v) is 3.37.